The molecule has 3 nitrogen and oxygen atoms in total. The van der Waals surface area contributed by atoms with E-state index < -0.39 is 5.54 Å². The van der Waals surface area contributed by atoms with Gasteiger partial charge in [0.1, 0.15) is 0 Å². The van der Waals surface area contributed by atoms with Gasteiger partial charge in [-0.1, -0.05) is 0 Å². The molecule has 0 aliphatic rings. The summed E-state index contributed by atoms with van der Waals surface area (Å²) in [5.41, 5.74) is -0.488. The summed E-state index contributed by atoms with van der Waals surface area (Å²) in [7, 11) is 0. The quantitative estimate of drug-likeness (QED) is 0.694. The van der Waals surface area contributed by atoms with Crippen LogP contribution in [0.1, 0.15) is 41.5 Å². The maximum absolute atomic E-state index is 11.6. The summed E-state index contributed by atoms with van der Waals surface area (Å²) in [5, 5.41) is 6.10. The molecular formula is C10H22N2O. The number of nitrogens with one attached hydrogen (secondary N) is 2. The van der Waals surface area contributed by atoms with Crippen molar-refractivity contribution in [1.82, 2.24) is 10.6 Å². The Bertz CT molecular complexity index is 174. The molecule has 0 aromatic rings. The van der Waals surface area contributed by atoms with Crippen molar-refractivity contribution in [1.29, 1.82) is 0 Å². The lowest BCUT2D eigenvalue weighted by Gasteiger charge is -2.28. The lowest BCUT2D eigenvalue weighted by atomic mass is 10.0. The molecule has 0 aromatic heterocycles. The molecule has 3 heteroatoms. The number of rotatable bonds is 4. The van der Waals surface area contributed by atoms with Crippen LogP contribution >= 0.6 is 0 Å². The molecule has 0 aliphatic heterocycles. The van der Waals surface area contributed by atoms with Gasteiger partial charge in [-0.2, -0.15) is 0 Å². The fraction of sp³-hybridized carbons (Fsp3) is 0.900. The van der Waals surface area contributed by atoms with Gasteiger partial charge in [0, 0.05) is 12.1 Å². The molecule has 0 aromatic carbocycles. The Kier molecular flexibility index (Phi) is 4.40. The third-order valence-corrected chi connectivity index (χ3v) is 1.64. The topological polar surface area (TPSA) is 41.1 Å². The van der Waals surface area contributed by atoms with Crippen molar-refractivity contribution >= 4 is 5.91 Å². The molecule has 0 bridgehead atoms. The van der Waals surface area contributed by atoms with Crippen LogP contribution in [0.3, 0.4) is 0 Å². The molecule has 0 aliphatic carbocycles. The Morgan fingerprint density at radius 1 is 1.08 bits per heavy atom. The third kappa shape index (κ3) is 4.88. The normalized spacial score (nSPS) is 12.3. The van der Waals surface area contributed by atoms with Gasteiger partial charge in [-0.15, -0.1) is 0 Å². The van der Waals surface area contributed by atoms with Crippen molar-refractivity contribution in [3.05, 3.63) is 0 Å². The van der Waals surface area contributed by atoms with Gasteiger partial charge in [0.05, 0.1) is 5.54 Å². The first-order valence-electron chi connectivity index (χ1n) is 4.84. The van der Waals surface area contributed by atoms with Gasteiger partial charge >= 0.3 is 0 Å². The van der Waals surface area contributed by atoms with E-state index >= 15 is 0 Å². The average Bonchev–Trinajstić information content (AvgIpc) is 1.81. The predicted molar refractivity (Wildman–Crippen MR) is 55.6 cm³/mol. The van der Waals surface area contributed by atoms with Crippen molar-refractivity contribution in [2.24, 2.45) is 0 Å². The second kappa shape index (κ2) is 4.61. The summed E-state index contributed by atoms with van der Waals surface area (Å²) < 4.78 is 0. The van der Waals surface area contributed by atoms with Crippen LogP contribution < -0.4 is 10.6 Å². The molecule has 0 rings (SSSR count). The van der Waals surface area contributed by atoms with Gasteiger partial charge in [-0.05, 0) is 41.5 Å². The minimum Gasteiger partial charge on any atom is -0.352 e. The summed E-state index contributed by atoms with van der Waals surface area (Å²) in [6.45, 7) is 11.8. The second-order valence-electron chi connectivity index (χ2n) is 4.55. The highest BCUT2D eigenvalue weighted by atomic mass is 16.2. The van der Waals surface area contributed by atoms with E-state index in [1.807, 2.05) is 41.5 Å². The monoisotopic (exact) mass is 186 g/mol. The smallest absolute Gasteiger partial charge is 0.239 e. The predicted octanol–water partition coefficient (Wildman–Crippen LogP) is 1.29. The van der Waals surface area contributed by atoms with E-state index in [9.17, 15) is 4.79 Å². The van der Waals surface area contributed by atoms with E-state index in [1.165, 1.54) is 0 Å². The van der Waals surface area contributed by atoms with Crippen molar-refractivity contribution in [2.75, 3.05) is 0 Å². The van der Waals surface area contributed by atoms with Gasteiger partial charge in [-0.25, -0.2) is 0 Å². The molecule has 13 heavy (non-hydrogen) atoms. The Hall–Kier alpha value is -0.570. The molecule has 1 amide bonds. The highest BCUT2D eigenvalue weighted by Gasteiger charge is 2.27. The zero-order chi connectivity index (χ0) is 10.6. The fourth-order valence-corrected chi connectivity index (χ4v) is 1.23. The summed E-state index contributed by atoms with van der Waals surface area (Å²) in [6.07, 6.45) is 0. The van der Waals surface area contributed by atoms with Crippen molar-refractivity contribution < 1.29 is 4.79 Å². The largest absolute Gasteiger partial charge is 0.352 e. The van der Waals surface area contributed by atoms with Gasteiger partial charge in [-0.3, -0.25) is 4.79 Å². The van der Waals surface area contributed by atoms with Crippen LogP contribution in [0.2, 0.25) is 0 Å². The van der Waals surface area contributed by atoms with E-state index in [2.05, 4.69) is 10.6 Å². The van der Waals surface area contributed by atoms with E-state index in [0.29, 0.717) is 6.04 Å². The molecule has 2 N–H and O–H groups in total. The number of carbonyl (C=O) groups is 1. The van der Waals surface area contributed by atoms with Crippen LogP contribution in [0.25, 0.3) is 0 Å². The fourth-order valence-electron chi connectivity index (χ4n) is 1.23. The molecule has 0 radical (unpaired) electrons. The average molecular weight is 186 g/mol. The molecule has 0 saturated heterocycles. The van der Waals surface area contributed by atoms with Crippen molar-refractivity contribution in [2.45, 2.75) is 59.2 Å². The number of hydrogen-bond acceptors (Lipinski definition) is 2. The van der Waals surface area contributed by atoms with Crippen molar-refractivity contribution in [3.8, 4) is 0 Å². The molecule has 0 unspecified atom stereocenters. The SMILES string of the molecule is CC(C)NC(=O)C(C)(C)NC(C)C. The summed E-state index contributed by atoms with van der Waals surface area (Å²) in [6, 6.07) is 0.508. The highest BCUT2D eigenvalue weighted by molar-refractivity contribution is 5.85. The molecule has 0 fully saturated rings. The van der Waals surface area contributed by atoms with Crippen LogP contribution in [0, 0.1) is 0 Å². The maximum Gasteiger partial charge on any atom is 0.239 e. The maximum atomic E-state index is 11.6. The van der Waals surface area contributed by atoms with E-state index in [4.69, 9.17) is 0 Å². The van der Waals surface area contributed by atoms with Gasteiger partial charge in [0.2, 0.25) is 5.91 Å². The van der Waals surface area contributed by atoms with E-state index in [0.717, 1.165) is 0 Å². The van der Waals surface area contributed by atoms with Gasteiger partial charge < -0.3 is 10.6 Å². The van der Waals surface area contributed by atoms with E-state index in [-0.39, 0.29) is 11.9 Å². The first kappa shape index (κ1) is 12.4. The lowest BCUT2D eigenvalue weighted by molar-refractivity contribution is -0.127. The Balaban J connectivity index is 4.19. The minimum atomic E-state index is -0.488. The zero-order valence-electron chi connectivity index (χ0n) is 9.56. The molecule has 0 spiro atoms. The molecule has 78 valence electrons. The zero-order valence-corrected chi connectivity index (χ0v) is 9.56. The molecule has 0 saturated carbocycles. The second-order valence-corrected chi connectivity index (χ2v) is 4.55. The van der Waals surface area contributed by atoms with Gasteiger partial charge in [0.25, 0.3) is 0 Å². The lowest BCUT2D eigenvalue weighted by Crippen LogP contribution is -2.56. The first-order chi connectivity index (χ1) is 5.75. The highest BCUT2D eigenvalue weighted by Crippen LogP contribution is 2.04. The summed E-state index contributed by atoms with van der Waals surface area (Å²) >= 11 is 0. The molecule has 0 atom stereocenters. The van der Waals surface area contributed by atoms with Crippen LogP contribution in [0.5, 0.6) is 0 Å². The van der Waals surface area contributed by atoms with Crippen LogP contribution in [-0.4, -0.2) is 23.5 Å². The van der Waals surface area contributed by atoms with Crippen LogP contribution in [-0.2, 0) is 4.79 Å². The van der Waals surface area contributed by atoms with Crippen molar-refractivity contribution in [3.63, 3.8) is 0 Å². The molecule has 0 heterocycles. The first-order valence-corrected chi connectivity index (χ1v) is 4.84. The Morgan fingerprint density at radius 2 is 1.54 bits per heavy atom. The summed E-state index contributed by atoms with van der Waals surface area (Å²) in [5.74, 6) is 0.0520. The Labute approximate surface area is 81.3 Å². The Morgan fingerprint density at radius 3 is 1.85 bits per heavy atom. The minimum absolute atomic E-state index is 0.0520. The third-order valence-electron chi connectivity index (χ3n) is 1.64. The number of amides is 1. The molecular weight excluding hydrogens is 164 g/mol. The summed E-state index contributed by atoms with van der Waals surface area (Å²) in [4.78, 5) is 11.6. The van der Waals surface area contributed by atoms with Crippen LogP contribution in [0.4, 0.5) is 0 Å². The van der Waals surface area contributed by atoms with Gasteiger partial charge in [0.15, 0.2) is 0 Å². The number of carbonyl (C=O) groups excluding carboxylic acids is 1. The van der Waals surface area contributed by atoms with Crippen LogP contribution in [0.15, 0.2) is 0 Å². The standard InChI is InChI=1S/C10H22N2O/c1-7(2)11-9(13)10(5,6)12-8(3)4/h7-8,12H,1-6H3,(H,11,13). The van der Waals surface area contributed by atoms with E-state index in [1.54, 1.807) is 0 Å². The number of hydrogen-bond donors (Lipinski definition) is 2.